The molecule has 4 rings (SSSR count). The SMILES string of the molecule is O=C(NNC(=O)C1CCN(c2ccc(Cl)cn2)CC1)c1nn(-c2ccccc2)cc1O. The van der Waals surface area contributed by atoms with Crippen molar-refractivity contribution < 1.29 is 14.7 Å². The van der Waals surface area contributed by atoms with E-state index in [9.17, 15) is 14.7 Å². The van der Waals surface area contributed by atoms with Crippen molar-refractivity contribution in [3.05, 3.63) is 65.6 Å². The summed E-state index contributed by atoms with van der Waals surface area (Å²) >= 11 is 5.87. The van der Waals surface area contributed by atoms with E-state index in [1.165, 1.54) is 10.9 Å². The number of carbonyl (C=O) groups excluding carboxylic acids is 2. The summed E-state index contributed by atoms with van der Waals surface area (Å²) in [5, 5.41) is 14.7. The smallest absolute Gasteiger partial charge is 0.294 e. The first kappa shape index (κ1) is 20.7. The van der Waals surface area contributed by atoms with Gasteiger partial charge in [0.05, 0.1) is 16.9 Å². The molecule has 160 valence electrons. The summed E-state index contributed by atoms with van der Waals surface area (Å²) in [6.45, 7) is 1.34. The van der Waals surface area contributed by atoms with Crippen molar-refractivity contribution in [2.75, 3.05) is 18.0 Å². The second-order valence-corrected chi connectivity index (χ2v) is 7.62. The lowest BCUT2D eigenvalue weighted by molar-refractivity contribution is -0.126. The molecule has 1 saturated heterocycles. The maximum Gasteiger partial charge on any atom is 0.294 e. The van der Waals surface area contributed by atoms with E-state index < -0.39 is 5.91 Å². The number of benzene rings is 1. The molecule has 31 heavy (non-hydrogen) atoms. The Hall–Kier alpha value is -3.59. The van der Waals surface area contributed by atoms with Crippen LogP contribution in [0.2, 0.25) is 5.02 Å². The predicted octanol–water partition coefficient (Wildman–Crippen LogP) is 2.30. The Kier molecular flexibility index (Phi) is 6.03. The number of hydrazine groups is 1. The van der Waals surface area contributed by atoms with Crippen LogP contribution in [0.25, 0.3) is 5.69 Å². The number of aromatic hydroxyl groups is 1. The molecule has 9 nitrogen and oxygen atoms in total. The maximum atomic E-state index is 12.5. The summed E-state index contributed by atoms with van der Waals surface area (Å²) in [5.41, 5.74) is 5.30. The Morgan fingerprint density at radius 2 is 1.81 bits per heavy atom. The molecule has 0 spiro atoms. The first-order valence-corrected chi connectivity index (χ1v) is 10.2. The second-order valence-electron chi connectivity index (χ2n) is 7.18. The van der Waals surface area contributed by atoms with Crippen molar-refractivity contribution in [1.29, 1.82) is 0 Å². The van der Waals surface area contributed by atoms with Crippen molar-refractivity contribution in [3.63, 3.8) is 0 Å². The largest absolute Gasteiger partial charge is 0.504 e. The van der Waals surface area contributed by atoms with Crippen molar-refractivity contribution in [1.82, 2.24) is 25.6 Å². The van der Waals surface area contributed by atoms with Gasteiger partial charge < -0.3 is 10.0 Å². The molecule has 3 aromatic rings. The molecule has 0 bridgehead atoms. The Morgan fingerprint density at radius 1 is 1.06 bits per heavy atom. The lowest BCUT2D eigenvalue weighted by Crippen LogP contribution is -2.47. The number of nitrogens with zero attached hydrogens (tertiary/aromatic N) is 4. The Morgan fingerprint density at radius 3 is 2.48 bits per heavy atom. The van der Waals surface area contributed by atoms with Gasteiger partial charge in [0.25, 0.3) is 5.91 Å². The van der Waals surface area contributed by atoms with E-state index in [4.69, 9.17) is 11.6 Å². The van der Waals surface area contributed by atoms with Gasteiger partial charge in [0, 0.05) is 25.2 Å². The molecule has 3 heterocycles. The minimum absolute atomic E-state index is 0.173. The predicted molar refractivity (Wildman–Crippen MR) is 115 cm³/mol. The average molecular weight is 441 g/mol. The molecule has 0 atom stereocenters. The van der Waals surface area contributed by atoms with Gasteiger partial charge in [0.15, 0.2) is 11.4 Å². The van der Waals surface area contributed by atoms with Crippen LogP contribution >= 0.6 is 11.6 Å². The highest BCUT2D eigenvalue weighted by Crippen LogP contribution is 2.23. The summed E-state index contributed by atoms with van der Waals surface area (Å²) < 4.78 is 1.40. The quantitative estimate of drug-likeness (QED) is 0.537. The molecule has 1 aliphatic heterocycles. The van der Waals surface area contributed by atoms with Crippen LogP contribution in [0.15, 0.2) is 54.9 Å². The normalized spacial score (nSPS) is 14.3. The van der Waals surface area contributed by atoms with Gasteiger partial charge in [-0.15, -0.1) is 0 Å². The number of amides is 2. The van der Waals surface area contributed by atoms with E-state index in [1.54, 1.807) is 24.4 Å². The summed E-state index contributed by atoms with van der Waals surface area (Å²) in [7, 11) is 0. The average Bonchev–Trinajstić information content (AvgIpc) is 3.20. The molecule has 2 aromatic heterocycles. The number of nitrogens with one attached hydrogen (secondary N) is 2. The molecule has 1 aliphatic rings. The molecule has 0 radical (unpaired) electrons. The number of halogens is 1. The first-order valence-electron chi connectivity index (χ1n) is 9.82. The zero-order chi connectivity index (χ0) is 21.8. The first-order chi connectivity index (χ1) is 15.0. The molecule has 0 unspecified atom stereocenters. The maximum absolute atomic E-state index is 12.5. The van der Waals surface area contributed by atoms with Gasteiger partial charge in [-0.3, -0.25) is 20.4 Å². The summed E-state index contributed by atoms with van der Waals surface area (Å²) in [6.07, 6.45) is 4.19. The molecule has 10 heteroatoms. The van der Waals surface area contributed by atoms with E-state index in [0.29, 0.717) is 36.6 Å². The lowest BCUT2D eigenvalue weighted by Gasteiger charge is -2.32. The fourth-order valence-electron chi connectivity index (χ4n) is 3.45. The fourth-order valence-corrected chi connectivity index (χ4v) is 3.56. The summed E-state index contributed by atoms with van der Waals surface area (Å²) in [5.74, 6) is -0.665. The highest BCUT2D eigenvalue weighted by Gasteiger charge is 2.26. The number of anilines is 1. The molecule has 2 amide bonds. The molecular formula is C21H21ClN6O3. The second kappa shape index (κ2) is 9.05. The highest BCUT2D eigenvalue weighted by atomic mass is 35.5. The zero-order valence-corrected chi connectivity index (χ0v) is 17.3. The number of aromatic nitrogens is 3. The Labute approximate surface area is 183 Å². The van der Waals surface area contributed by atoms with Crippen LogP contribution < -0.4 is 15.8 Å². The Bertz CT molecular complexity index is 1060. The van der Waals surface area contributed by atoms with Crippen LogP contribution in [0.5, 0.6) is 5.75 Å². The van der Waals surface area contributed by atoms with Crippen molar-refractivity contribution in [3.8, 4) is 11.4 Å². The van der Waals surface area contributed by atoms with Crippen LogP contribution in [0.3, 0.4) is 0 Å². The van der Waals surface area contributed by atoms with Gasteiger partial charge in [0.2, 0.25) is 5.91 Å². The van der Waals surface area contributed by atoms with Crippen molar-refractivity contribution in [2.45, 2.75) is 12.8 Å². The number of carbonyl (C=O) groups is 2. The number of rotatable bonds is 4. The molecule has 0 aliphatic carbocycles. The number of hydrogen-bond acceptors (Lipinski definition) is 6. The van der Waals surface area contributed by atoms with Crippen LogP contribution in [-0.2, 0) is 4.79 Å². The van der Waals surface area contributed by atoms with Gasteiger partial charge >= 0.3 is 0 Å². The van der Waals surface area contributed by atoms with Gasteiger partial charge in [-0.05, 0) is 37.1 Å². The van der Waals surface area contributed by atoms with E-state index >= 15 is 0 Å². The van der Waals surface area contributed by atoms with Crippen LogP contribution in [0.1, 0.15) is 23.3 Å². The van der Waals surface area contributed by atoms with E-state index in [2.05, 4.69) is 25.8 Å². The lowest BCUT2D eigenvalue weighted by atomic mass is 9.96. The van der Waals surface area contributed by atoms with E-state index in [-0.39, 0.29) is 23.3 Å². The molecular weight excluding hydrogens is 420 g/mol. The molecule has 1 fully saturated rings. The Balaban J connectivity index is 1.30. The molecule has 3 N–H and O–H groups in total. The van der Waals surface area contributed by atoms with Gasteiger partial charge in [-0.2, -0.15) is 5.10 Å². The topological polar surface area (TPSA) is 112 Å². The number of pyridine rings is 1. The van der Waals surface area contributed by atoms with E-state index in [0.717, 1.165) is 5.82 Å². The van der Waals surface area contributed by atoms with Crippen LogP contribution in [0, 0.1) is 5.92 Å². The van der Waals surface area contributed by atoms with Gasteiger partial charge in [-0.25, -0.2) is 9.67 Å². The summed E-state index contributed by atoms with van der Waals surface area (Å²) in [4.78, 5) is 31.2. The van der Waals surface area contributed by atoms with Crippen LogP contribution in [-0.4, -0.2) is 44.8 Å². The van der Waals surface area contributed by atoms with Crippen LogP contribution in [0.4, 0.5) is 5.82 Å². The zero-order valence-electron chi connectivity index (χ0n) is 16.5. The number of para-hydroxylation sites is 1. The standard InChI is InChI=1S/C21H21ClN6O3/c22-15-6-7-18(23-12-15)27-10-8-14(9-11-27)20(30)24-25-21(31)19-17(29)13-28(26-19)16-4-2-1-3-5-16/h1-7,12-14,29H,8-11H2,(H,24,30)(H,25,31). The minimum Gasteiger partial charge on any atom is -0.504 e. The van der Waals surface area contributed by atoms with Gasteiger partial charge in [0.1, 0.15) is 5.82 Å². The monoisotopic (exact) mass is 440 g/mol. The molecule has 0 saturated carbocycles. The number of piperidine rings is 1. The third-order valence-corrected chi connectivity index (χ3v) is 5.36. The highest BCUT2D eigenvalue weighted by molar-refractivity contribution is 6.30. The summed E-state index contributed by atoms with van der Waals surface area (Å²) in [6, 6.07) is 12.7. The van der Waals surface area contributed by atoms with Crippen molar-refractivity contribution >= 4 is 29.2 Å². The van der Waals surface area contributed by atoms with Crippen molar-refractivity contribution in [2.24, 2.45) is 5.92 Å². The fraction of sp³-hybridized carbons (Fsp3) is 0.238. The van der Waals surface area contributed by atoms with E-state index in [1.807, 2.05) is 24.3 Å². The third-order valence-electron chi connectivity index (χ3n) is 5.13. The van der Waals surface area contributed by atoms with Gasteiger partial charge in [-0.1, -0.05) is 29.8 Å². The number of hydrogen-bond donors (Lipinski definition) is 3. The molecule has 1 aromatic carbocycles. The third kappa shape index (κ3) is 4.77. The minimum atomic E-state index is -0.691.